The van der Waals surface area contributed by atoms with Gasteiger partial charge in [-0.3, -0.25) is 5.01 Å². The van der Waals surface area contributed by atoms with Crippen LogP contribution < -0.4 is 15.8 Å². The number of unbranched alkanes of at least 4 members (excludes halogenated alkanes) is 1. The van der Waals surface area contributed by atoms with Crippen molar-refractivity contribution in [3.05, 3.63) is 42.1 Å². The summed E-state index contributed by atoms with van der Waals surface area (Å²) < 4.78 is 10.2. The summed E-state index contributed by atoms with van der Waals surface area (Å²) >= 11 is 0. The molecular weight excluding hydrogens is 334 g/mol. The summed E-state index contributed by atoms with van der Waals surface area (Å²) in [5.41, 5.74) is 4.02. The van der Waals surface area contributed by atoms with Crippen LogP contribution in [0, 0.1) is 0 Å². The SMILES string of the molecule is CCCCOC(=O)NCc1cccc(N2C=CC(C)(C(=O)OCC)N2)c1. The minimum Gasteiger partial charge on any atom is -0.464 e. The number of amides is 1. The van der Waals surface area contributed by atoms with E-state index < -0.39 is 11.6 Å². The highest BCUT2D eigenvalue weighted by molar-refractivity contribution is 5.84. The average Bonchev–Trinajstić information content (AvgIpc) is 3.04. The number of nitrogens with zero attached hydrogens (tertiary/aromatic N) is 1. The molecule has 0 spiro atoms. The van der Waals surface area contributed by atoms with Crippen molar-refractivity contribution in [2.75, 3.05) is 18.2 Å². The lowest BCUT2D eigenvalue weighted by Crippen LogP contribution is -2.51. The second kappa shape index (κ2) is 9.24. The van der Waals surface area contributed by atoms with Gasteiger partial charge in [0.1, 0.15) is 0 Å². The molecule has 0 fully saturated rings. The van der Waals surface area contributed by atoms with E-state index in [1.54, 1.807) is 31.1 Å². The van der Waals surface area contributed by atoms with Crippen molar-refractivity contribution < 1.29 is 19.1 Å². The van der Waals surface area contributed by atoms with E-state index in [4.69, 9.17) is 9.47 Å². The van der Waals surface area contributed by atoms with Gasteiger partial charge in [-0.2, -0.15) is 0 Å². The number of anilines is 1. The van der Waals surface area contributed by atoms with Crippen LogP contribution >= 0.6 is 0 Å². The zero-order valence-electron chi connectivity index (χ0n) is 15.6. The minimum atomic E-state index is -0.895. The number of alkyl carbamates (subject to hydrolysis) is 1. The lowest BCUT2D eigenvalue weighted by atomic mass is 10.1. The van der Waals surface area contributed by atoms with E-state index in [1.807, 2.05) is 31.2 Å². The number of hydrogen-bond acceptors (Lipinski definition) is 6. The van der Waals surface area contributed by atoms with Crippen molar-refractivity contribution in [2.45, 2.75) is 45.7 Å². The first-order valence-corrected chi connectivity index (χ1v) is 8.91. The largest absolute Gasteiger partial charge is 0.464 e. The van der Waals surface area contributed by atoms with Crippen LogP contribution in [-0.4, -0.2) is 30.8 Å². The zero-order chi connectivity index (χ0) is 19.0. The molecule has 0 saturated carbocycles. The number of ether oxygens (including phenoxy) is 2. The summed E-state index contributed by atoms with van der Waals surface area (Å²) in [6.07, 6.45) is 4.98. The molecule has 1 aromatic rings. The Bertz CT molecular complexity index is 662. The first kappa shape index (κ1) is 19.8. The fraction of sp³-hybridized carbons (Fsp3) is 0.474. The van der Waals surface area contributed by atoms with Gasteiger partial charge >= 0.3 is 12.1 Å². The Morgan fingerprint density at radius 2 is 2.08 bits per heavy atom. The molecule has 7 heteroatoms. The van der Waals surface area contributed by atoms with Crippen LogP contribution in [0.2, 0.25) is 0 Å². The van der Waals surface area contributed by atoms with Crippen molar-refractivity contribution in [3.8, 4) is 0 Å². The molecule has 0 aromatic heterocycles. The maximum atomic E-state index is 12.1. The Hall–Kier alpha value is -2.54. The topological polar surface area (TPSA) is 79.9 Å². The summed E-state index contributed by atoms with van der Waals surface area (Å²) in [6, 6.07) is 7.66. The standard InChI is InChI=1S/C19H27N3O4/c1-4-6-12-26-18(24)20-14-15-8-7-9-16(13-15)22-11-10-19(3,21-22)17(23)25-5-2/h7-11,13,21H,4-6,12,14H2,1-3H3,(H,20,24). The molecule has 0 saturated heterocycles. The van der Waals surface area contributed by atoms with Crippen LogP contribution in [0.25, 0.3) is 0 Å². The van der Waals surface area contributed by atoms with Crippen LogP contribution in [0.15, 0.2) is 36.5 Å². The quantitative estimate of drug-likeness (QED) is 0.547. The van der Waals surface area contributed by atoms with Gasteiger partial charge in [0.15, 0.2) is 5.54 Å². The van der Waals surface area contributed by atoms with Crippen LogP contribution in [0.5, 0.6) is 0 Å². The summed E-state index contributed by atoms with van der Waals surface area (Å²) in [6.45, 7) is 6.71. The summed E-state index contributed by atoms with van der Waals surface area (Å²) in [5, 5.41) is 4.50. The van der Waals surface area contributed by atoms with Crippen molar-refractivity contribution in [1.29, 1.82) is 0 Å². The fourth-order valence-electron chi connectivity index (χ4n) is 2.44. The van der Waals surface area contributed by atoms with Crippen LogP contribution in [0.4, 0.5) is 10.5 Å². The third-order valence-corrected chi connectivity index (χ3v) is 3.97. The third-order valence-electron chi connectivity index (χ3n) is 3.97. The molecule has 7 nitrogen and oxygen atoms in total. The van der Waals surface area contributed by atoms with E-state index in [9.17, 15) is 9.59 Å². The van der Waals surface area contributed by atoms with E-state index in [0.717, 1.165) is 24.1 Å². The molecule has 0 aliphatic carbocycles. The molecule has 1 amide bonds. The lowest BCUT2D eigenvalue weighted by Gasteiger charge is -2.26. The van der Waals surface area contributed by atoms with Gasteiger partial charge in [0.25, 0.3) is 0 Å². The highest BCUT2D eigenvalue weighted by atomic mass is 16.5. The number of esters is 1. The van der Waals surface area contributed by atoms with Crippen molar-refractivity contribution in [3.63, 3.8) is 0 Å². The number of carbonyl (C=O) groups excluding carboxylic acids is 2. The van der Waals surface area contributed by atoms with Gasteiger partial charge < -0.3 is 14.8 Å². The number of carbonyl (C=O) groups is 2. The highest BCUT2D eigenvalue weighted by Crippen LogP contribution is 2.23. The lowest BCUT2D eigenvalue weighted by molar-refractivity contribution is -0.148. The van der Waals surface area contributed by atoms with E-state index >= 15 is 0 Å². The fourth-order valence-corrected chi connectivity index (χ4v) is 2.44. The summed E-state index contributed by atoms with van der Waals surface area (Å²) in [7, 11) is 0. The molecule has 1 unspecified atom stereocenters. The number of nitrogens with one attached hydrogen (secondary N) is 2. The Kier molecular flexibility index (Phi) is 7.03. The second-order valence-electron chi connectivity index (χ2n) is 6.23. The molecule has 2 N–H and O–H groups in total. The predicted octanol–water partition coefficient (Wildman–Crippen LogP) is 2.87. The van der Waals surface area contributed by atoms with Gasteiger partial charge in [-0.05, 0) is 44.0 Å². The smallest absolute Gasteiger partial charge is 0.407 e. The summed E-state index contributed by atoms with van der Waals surface area (Å²) in [4.78, 5) is 23.7. The number of hydrazine groups is 1. The Balaban J connectivity index is 1.92. The number of rotatable bonds is 8. The van der Waals surface area contributed by atoms with E-state index in [-0.39, 0.29) is 5.97 Å². The second-order valence-corrected chi connectivity index (χ2v) is 6.23. The molecule has 0 bridgehead atoms. The van der Waals surface area contributed by atoms with Gasteiger partial charge in [0.2, 0.25) is 0 Å². The van der Waals surface area contributed by atoms with Crippen molar-refractivity contribution >= 4 is 17.7 Å². The molecule has 1 aliphatic rings. The Morgan fingerprint density at radius 1 is 1.27 bits per heavy atom. The first-order valence-electron chi connectivity index (χ1n) is 8.91. The Morgan fingerprint density at radius 3 is 2.81 bits per heavy atom. The maximum Gasteiger partial charge on any atom is 0.407 e. The number of benzene rings is 1. The van der Waals surface area contributed by atoms with Crippen LogP contribution in [0.1, 0.15) is 39.2 Å². The molecule has 0 radical (unpaired) electrons. The monoisotopic (exact) mass is 361 g/mol. The van der Waals surface area contributed by atoms with Crippen LogP contribution in [0.3, 0.4) is 0 Å². The van der Waals surface area contributed by atoms with Gasteiger partial charge in [-0.25, -0.2) is 15.0 Å². The highest BCUT2D eigenvalue weighted by Gasteiger charge is 2.37. The Labute approximate surface area is 154 Å². The van der Waals surface area contributed by atoms with Gasteiger partial charge in [-0.15, -0.1) is 0 Å². The van der Waals surface area contributed by atoms with Crippen molar-refractivity contribution in [1.82, 2.24) is 10.7 Å². The molecule has 1 atom stereocenters. The first-order chi connectivity index (χ1) is 12.5. The summed E-state index contributed by atoms with van der Waals surface area (Å²) in [5.74, 6) is -0.327. The van der Waals surface area contributed by atoms with Gasteiger partial charge in [0.05, 0.1) is 18.9 Å². The molecule has 1 aromatic carbocycles. The van der Waals surface area contributed by atoms with Crippen molar-refractivity contribution in [2.24, 2.45) is 0 Å². The normalized spacial score (nSPS) is 18.7. The van der Waals surface area contributed by atoms with E-state index in [2.05, 4.69) is 10.7 Å². The van der Waals surface area contributed by atoms with Gasteiger partial charge in [0, 0.05) is 12.7 Å². The molecule has 2 rings (SSSR count). The molecule has 1 heterocycles. The molecule has 142 valence electrons. The van der Waals surface area contributed by atoms with E-state index in [0.29, 0.717) is 19.8 Å². The average molecular weight is 361 g/mol. The predicted molar refractivity (Wildman–Crippen MR) is 99.3 cm³/mol. The van der Waals surface area contributed by atoms with Gasteiger partial charge in [-0.1, -0.05) is 25.5 Å². The molecule has 1 aliphatic heterocycles. The minimum absolute atomic E-state index is 0.327. The molecule has 26 heavy (non-hydrogen) atoms. The van der Waals surface area contributed by atoms with E-state index in [1.165, 1.54) is 0 Å². The third kappa shape index (κ3) is 5.23. The zero-order valence-corrected chi connectivity index (χ0v) is 15.6. The molecular formula is C19H27N3O4. The number of hydrogen-bond donors (Lipinski definition) is 2. The maximum absolute atomic E-state index is 12.1. The van der Waals surface area contributed by atoms with Crippen LogP contribution in [-0.2, 0) is 20.8 Å².